The number of aromatic nitrogens is 2. The number of carbonyl (C=O) groups excluding carboxylic acids is 2. The van der Waals surface area contributed by atoms with E-state index in [0.29, 0.717) is 11.7 Å². The van der Waals surface area contributed by atoms with E-state index in [2.05, 4.69) is 20.0 Å². The van der Waals surface area contributed by atoms with Crippen molar-refractivity contribution < 1.29 is 14.3 Å². The molecule has 1 fully saturated rings. The van der Waals surface area contributed by atoms with Crippen LogP contribution in [0.4, 0.5) is 5.82 Å². The Bertz CT molecular complexity index is 527. The summed E-state index contributed by atoms with van der Waals surface area (Å²) in [6.45, 7) is 4.10. The molecule has 22 heavy (non-hydrogen) atoms. The Labute approximate surface area is 130 Å². The molecule has 7 heteroatoms. The minimum absolute atomic E-state index is 0.160. The van der Waals surface area contributed by atoms with Gasteiger partial charge in [-0.1, -0.05) is 0 Å². The lowest BCUT2D eigenvalue weighted by atomic mass is 9.93. The number of nitrogens with one attached hydrogen (secondary N) is 1. The van der Waals surface area contributed by atoms with Crippen molar-refractivity contribution in [1.29, 1.82) is 0 Å². The van der Waals surface area contributed by atoms with Crippen LogP contribution in [0.5, 0.6) is 0 Å². The molecular weight excluding hydrogens is 284 g/mol. The fourth-order valence-electron chi connectivity index (χ4n) is 2.61. The maximum atomic E-state index is 11.4. The molecule has 7 nitrogen and oxygen atoms in total. The smallest absolute Gasteiger partial charge is 0.356 e. The Hall–Kier alpha value is -2.18. The standard InChI is InChI=1S/C15H22N4O3/c1-11(20)19-7-4-12(5-8-19)3-6-16-14-9-13(15(21)22-2)17-10-18-14/h9-10,12H,3-8H2,1-2H3,(H,16,17,18). The van der Waals surface area contributed by atoms with E-state index in [-0.39, 0.29) is 11.6 Å². The number of anilines is 1. The van der Waals surface area contributed by atoms with Gasteiger partial charge in [-0.15, -0.1) is 0 Å². The number of methoxy groups -OCH3 is 1. The van der Waals surface area contributed by atoms with Crippen LogP contribution in [0.15, 0.2) is 12.4 Å². The number of likely N-dealkylation sites (tertiary alicyclic amines) is 1. The number of rotatable bonds is 5. The summed E-state index contributed by atoms with van der Waals surface area (Å²) in [5.74, 6) is 0.927. The SMILES string of the molecule is COC(=O)c1cc(NCCC2CCN(C(C)=O)CC2)ncn1. The molecule has 1 aliphatic heterocycles. The van der Waals surface area contributed by atoms with Crippen molar-refractivity contribution in [3.8, 4) is 0 Å². The summed E-state index contributed by atoms with van der Waals surface area (Å²) in [6, 6.07) is 1.59. The van der Waals surface area contributed by atoms with Gasteiger partial charge in [0.15, 0.2) is 5.69 Å². The van der Waals surface area contributed by atoms with Crippen LogP contribution in [0.25, 0.3) is 0 Å². The molecule has 0 aromatic carbocycles. The molecule has 1 N–H and O–H groups in total. The highest BCUT2D eigenvalue weighted by molar-refractivity contribution is 5.87. The highest BCUT2D eigenvalue weighted by Gasteiger charge is 2.20. The number of piperidine rings is 1. The number of carbonyl (C=O) groups is 2. The van der Waals surface area contributed by atoms with Crippen molar-refractivity contribution in [2.45, 2.75) is 26.2 Å². The van der Waals surface area contributed by atoms with Crippen molar-refractivity contribution in [3.63, 3.8) is 0 Å². The molecule has 1 aromatic heterocycles. The Kier molecular flexibility index (Phi) is 5.68. The summed E-state index contributed by atoms with van der Waals surface area (Å²) in [6.07, 6.45) is 4.44. The van der Waals surface area contributed by atoms with Crippen LogP contribution in [0, 0.1) is 5.92 Å². The van der Waals surface area contributed by atoms with Gasteiger partial charge in [-0.2, -0.15) is 0 Å². The topological polar surface area (TPSA) is 84.4 Å². The summed E-state index contributed by atoms with van der Waals surface area (Å²) in [5, 5.41) is 3.21. The predicted octanol–water partition coefficient (Wildman–Crippen LogP) is 1.32. The molecule has 0 aliphatic carbocycles. The van der Waals surface area contributed by atoms with Crippen LogP contribution in [-0.2, 0) is 9.53 Å². The van der Waals surface area contributed by atoms with Crippen LogP contribution < -0.4 is 5.32 Å². The molecule has 1 amide bonds. The second kappa shape index (κ2) is 7.72. The van der Waals surface area contributed by atoms with Gasteiger partial charge in [0.05, 0.1) is 7.11 Å². The maximum absolute atomic E-state index is 11.4. The summed E-state index contributed by atoms with van der Waals surface area (Å²) in [4.78, 5) is 32.5. The van der Waals surface area contributed by atoms with E-state index < -0.39 is 5.97 Å². The highest BCUT2D eigenvalue weighted by atomic mass is 16.5. The van der Waals surface area contributed by atoms with Crippen molar-refractivity contribution >= 4 is 17.7 Å². The second-order valence-electron chi connectivity index (χ2n) is 5.44. The van der Waals surface area contributed by atoms with Crippen LogP contribution in [0.3, 0.4) is 0 Å². The summed E-state index contributed by atoms with van der Waals surface area (Å²) >= 11 is 0. The van der Waals surface area contributed by atoms with Crippen molar-refractivity contribution in [2.24, 2.45) is 5.92 Å². The Morgan fingerprint density at radius 3 is 2.73 bits per heavy atom. The molecule has 1 aromatic rings. The first-order valence-electron chi connectivity index (χ1n) is 7.50. The first-order valence-corrected chi connectivity index (χ1v) is 7.50. The van der Waals surface area contributed by atoms with Gasteiger partial charge in [0, 0.05) is 32.6 Å². The van der Waals surface area contributed by atoms with Crippen LogP contribution in [-0.4, -0.2) is 53.5 Å². The quantitative estimate of drug-likeness (QED) is 0.826. The molecular formula is C15H22N4O3. The lowest BCUT2D eigenvalue weighted by molar-refractivity contribution is -0.130. The van der Waals surface area contributed by atoms with Crippen molar-refractivity contribution in [3.05, 3.63) is 18.1 Å². The average Bonchev–Trinajstić information content (AvgIpc) is 2.55. The van der Waals surface area contributed by atoms with Gasteiger partial charge >= 0.3 is 5.97 Å². The third kappa shape index (κ3) is 4.41. The Morgan fingerprint density at radius 1 is 1.36 bits per heavy atom. The van der Waals surface area contributed by atoms with Gasteiger partial charge in [-0.25, -0.2) is 14.8 Å². The molecule has 0 saturated carbocycles. The first kappa shape index (κ1) is 16.2. The van der Waals surface area contributed by atoms with Gasteiger partial charge in [0.25, 0.3) is 0 Å². The van der Waals surface area contributed by atoms with Crippen molar-refractivity contribution in [2.75, 3.05) is 32.1 Å². The van der Waals surface area contributed by atoms with Gasteiger partial charge in [-0.3, -0.25) is 4.79 Å². The highest BCUT2D eigenvalue weighted by Crippen LogP contribution is 2.20. The van der Waals surface area contributed by atoms with Crippen LogP contribution >= 0.6 is 0 Å². The number of hydrogen-bond acceptors (Lipinski definition) is 6. The van der Waals surface area contributed by atoms with Gasteiger partial charge < -0.3 is 15.0 Å². The molecule has 120 valence electrons. The number of hydrogen-bond donors (Lipinski definition) is 1. The summed E-state index contributed by atoms with van der Waals surface area (Å²) in [5.41, 5.74) is 0.245. The molecule has 0 radical (unpaired) electrons. The minimum Gasteiger partial charge on any atom is -0.464 e. The fraction of sp³-hybridized carbons (Fsp3) is 0.600. The lowest BCUT2D eigenvalue weighted by Crippen LogP contribution is -2.37. The summed E-state index contributed by atoms with van der Waals surface area (Å²) in [7, 11) is 1.32. The van der Waals surface area contributed by atoms with Crippen LogP contribution in [0.1, 0.15) is 36.7 Å². The Balaban J connectivity index is 1.75. The monoisotopic (exact) mass is 306 g/mol. The normalized spacial score (nSPS) is 15.5. The van der Waals surface area contributed by atoms with E-state index in [1.807, 2.05) is 4.90 Å². The van der Waals surface area contributed by atoms with E-state index in [1.54, 1.807) is 13.0 Å². The van der Waals surface area contributed by atoms with Gasteiger partial charge in [-0.05, 0) is 25.2 Å². The predicted molar refractivity (Wildman–Crippen MR) is 81.5 cm³/mol. The third-order valence-corrected chi connectivity index (χ3v) is 3.98. The summed E-state index contributed by atoms with van der Waals surface area (Å²) < 4.78 is 4.63. The largest absolute Gasteiger partial charge is 0.464 e. The molecule has 2 heterocycles. The molecule has 0 atom stereocenters. The van der Waals surface area contributed by atoms with Gasteiger partial charge in [0.2, 0.25) is 5.91 Å². The number of nitrogens with zero attached hydrogens (tertiary/aromatic N) is 3. The minimum atomic E-state index is -0.470. The number of esters is 1. The van der Waals surface area contributed by atoms with E-state index in [0.717, 1.165) is 38.9 Å². The Morgan fingerprint density at radius 2 is 2.09 bits per heavy atom. The zero-order valence-electron chi connectivity index (χ0n) is 13.0. The first-order chi connectivity index (χ1) is 10.6. The zero-order valence-corrected chi connectivity index (χ0v) is 13.0. The van der Waals surface area contributed by atoms with E-state index in [4.69, 9.17) is 0 Å². The average molecular weight is 306 g/mol. The van der Waals surface area contributed by atoms with E-state index in [1.165, 1.54) is 13.4 Å². The van der Waals surface area contributed by atoms with E-state index in [9.17, 15) is 9.59 Å². The molecule has 0 spiro atoms. The zero-order chi connectivity index (χ0) is 15.9. The van der Waals surface area contributed by atoms with E-state index >= 15 is 0 Å². The number of ether oxygens (including phenoxy) is 1. The molecule has 1 aliphatic rings. The van der Waals surface area contributed by atoms with Crippen LogP contribution in [0.2, 0.25) is 0 Å². The number of amides is 1. The van der Waals surface area contributed by atoms with Crippen molar-refractivity contribution in [1.82, 2.24) is 14.9 Å². The molecule has 0 unspecified atom stereocenters. The third-order valence-electron chi connectivity index (χ3n) is 3.98. The molecule has 2 rings (SSSR count). The second-order valence-corrected chi connectivity index (χ2v) is 5.44. The van der Waals surface area contributed by atoms with Gasteiger partial charge in [0.1, 0.15) is 12.1 Å². The lowest BCUT2D eigenvalue weighted by Gasteiger charge is -2.31. The fourth-order valence-corrected chi connectivity index (χ4v) is 2.61. The molecule has 1 saturated heterocycles. The molecule has 0 bridgehead atoms. The maximum Gasteiger partial charge on any atom is 0.356 e.